The first kappa shape index (κ1) is 27.3. The molecule has 1 aromatic carbocycles. The lowest BCUT2D eigenvalue weighted by Gasteiger charge is -2.39. The summed E-state index contributed by atoms with van der Waals surface area (Å²) in [5.41, 5.74) is 1.90. The van der Waals surface area contributed by atoms with Gasteiger partial charge in [0.2, 0.25) is 6.20 Å². The Balaban J connectivity index is 1.53. The average molecular weight is 551 g/mol. The number of anilines is 1. The Hall–Kier alpha value is -3.23. The van der Waals surface area contributed by atoms with Crippen LogP contribution < -0.4 is 10.1 Å². The summed E-state index contributed by atoms with van der Waals surface area (Å²) >= 11 is 0. The molecule has 0 aliphatic carbocycles. The Kier molecular flexibility index (Phi) is 7.53. The Labute approximate surface area is 222 Å². The number of pyridine rings is 1. The molecule has 2 N–H and O–H groups in total. The van der Waals surface area contributed by atoms with Gasteiger partial charge in [0, 0.05) is 64.7 Å². The summed E-state index contributed by atoms with van der Waals surface area (Å²) in [6, 6.07) is 4.21. The summed E-state index contributed by atoms with van der Waals surface area (Å²) in [7, 11) is 0. The lowest BCUT2D eigenvalue weighted by atomic mass is 9.90. The first-order chi connectivity index (χ1) is 18.6. The van der Waals surface area contributed by atoms with Crippen LogP contribution in [0.5, 0.6) is 0 Å². The van der Waals surface area contributed by atoms with E-state index in [0.717, 1.165) is 35.5 Å². The zero-order valence-electron chi connectivity index (χ0n) is 21.5. The van der Waals surface area contributed by atoms with Crippen LogP contribution in [0.2, 0.25) is 0 Å². The van der Waals surface area contributed by atoms with E-state index >= 15 is 8.87 Å². The largest absolute Gasteiger partial charge is 0.401 e. The summed E-state index contributed by atoms with van der Waals surface area (Å²) in [6.07, 6.45) is 3.43. The molecule has 2 aliphatic heterocycles. The highest BCUT2D eigenvalue weighted by Crippen LogP contribution is 2.42. The molecule has 3 aromatic rings. The molecular formula is C28H30F6N5+. The van der Waals surface area contributed by atoms with Crippen LogP contribution in [-0.4, -0.2) is 65.9 Å². The molecule has 4 heterocycles. The first-order valence-electron chi connectivity index (χ1n) is 13.0. The number of hydrogen-bond acceptors (Lipinski definition) is 3. The standard InChI is InChI=1S/C28H30F6N5/c1-3-18-5-6-24-21(12-18)22-11-17(2)38(16-28(31,32)33)27(25(22)36-24)26-23(30)13-20(15-39(26)34)35-19-7-10-37(14-19)9-4-8-29/h1,5-6,12-13,15,17,19,27,35-36H,4,7-11,14,16H2,2H3/q+1/t17-,19+,27+/m1/s1. The number of benzene rings is 1. The highest BCUT2D eigenvalue weighted by molar-refractivity contribution is 5.86. The third kappa shape index (κ3) is 5.58. The molecule has 5 rings (SSSR count). The Morgan fingerprint density at radius 3 is 2.74 bits per heavy atom. The van der Waals surface area contributed by atoms with Crippen molar-refractivity contribution < 1.29 is 31.2 Å². The third-order valence-corrected chi connectivity index (χ3v) is 7.66. The number of fused-ring (bicyclic) bond motifs is 3. The van der Waals surface area contributed by atoms with Crippen molar-refractivity contribution in [3.05, 3.63) is 58.8 Å². The van der Waals surface area contributed by atoms with Crippen LogP contribution in [0.3, 0.4) is 0 Å². The molecule has 208 valence electrons. The maximum Gasteiger partial charge on any atom is 0.401 e. The lowest BCUT2D eigenvalue weighted by molar-refractivity contribution is -0.851. The van der Waals surface area contributed by atoms with Gasteiger partial charge in [-0.15, -0.1) is 6.42 Å². The molecule has 39 heavy (non-hydrogen) atoms. The van der Waals surface area contributed by atoms with Crippen LogP contribution in [0.1, 0.15) is 48.3 Å². The molecule has 3 atom stereocenters. The molecule has 0 saturated carbocycles. The molecule has 0 radical (unpaired) electrons. The quantitative estimate of drug-likeness (QED) is 0.320. The monoisotopic (exact) mass is 550 g/mol. The number of nitrogens with zero attached hydrogens (tertiary/aromatic N) is 3. The molecule has 0 bridgehead atoms. The number of halogens is 6. The molecule has 0 unspecified atom stereocenters. The van der Waals surface area contributed by atoms with Crippen molar-refractivity contribution in [1.29, 1.82) is 0 Å². The zero-order valence-corrected chi connectivity index (χ0v) is 21.5. The fourth-order valence-electron chi connectivity index (χ4n) is 5.93. The summed E-state index contributed by atoms with van der Waals surface area (Å²) in [4.78, 5) is 6.38. The zero-order chi connectivity index (χ0) is 27.9. The van der Waals surface area contributed by atoms with E-state index in [1.165, 1.54) is 0 Å². The van der Waals surface area contributed by atoms with Crippen LogP contribution in [0.4, 0.5) is 32.1 Å². The van der Waals surface area contributed by atoms with Gasteiger partial charge in [0.15, 0.2) is 5.82 Å². The van der Waals surface area contributed by atoms with Gasteiger partial charge >= 0.3 is 6.18 Å². The average Bonchev–Trinajstić information content (AvgIpc) is 3.46. The molecular weight excluding hydrogens is 520 g/mol. The van der Waals surface area contributed by atoms with Crippen LogP contribution in [0.15, 0.2) is 30.5 Å². The fraction of sp³-hybridized carbons (Fsp3) is 0.464. The highest BCUT2D eigenvalue weighted by atomic mass is 19.4. The van der Waals surface area contributed by atoms with Gasteiger partial charge in [0.25, 0.3) is 5.69 Å². The maximum atomic E-state index is 15.7. The summed E-state index contributed by atoms with van der Waals surface area (Å²) in [5, 5.41) is 3.84. The Bertz CT molecular complexity index is 1370. The third-order valence-electron chi connectivity index (χ3n) is 7.66. The van der Waals surface area contributed by atoms with E-state index in [1.54, 1.807) is 25.1 Å². The van der Waals surface area contributed by atoms with Gasteiger partial charge < -0.3 is 15.2 Å². The van der Waals surface area contributed by atoms with Crippen molar-refractivity contribution >= 4 is 16.6 Å². The number of H-pyrrole nitrogens is 1. The minimum atomic E-state index is -4.58. The van der Waals surface area contributed by atoms with Gasteiger partial charge in [0.05, 0.1) is 17.7 Å². The number of hydrogen-bond donors (Lipinski definition) is 2. The number of aromatic amines is 1. The predicted octanol–water partition coefficient (Wildman–Crippen LogP) is 5.05. The van der Waals surface area contributed by atoms with Crippen molar-refractivity contribution in [1.82, 2.24) is 14.8 Å². The molecule has 1 fully saturated rings. The molecule has 0 spiro atoms. The molecule has 1 saturated heterocycles. The number of terminal acetylenes is 1. The van der Waals surface area contributed by atoms with E-state index in [0.29, 0.717) is 41.8 Å². The predicted molar refractivity (Wildman–Crippen MR) is 136 cm³/mol. The van der Waals surface area contributed by atoms with E-state index in [4.69, 9.17) is 6.42 Å². The van der Waals surface area contributed by atoms with Crippen LogP contribution in [0, 0.1) is 18.2 Å². The minimum Gasteiger partial charge on any atom is -0.376 e. The smallest absolute Gasteiger partial charge is 0.376 e. The number of likely N-dealkylation sites (tertiary alicyclic amines) is 1. The van der Waals surface area contributed by atoms with Gasteiger partial charge in [-0.1, -0.05) is 5.92 Å². The van der Waals surface area contributed by atoms with Crippen molar-refractivity contribution in [2.24, 2.45) is 0 Å². The van der Waals surface area contributed by atoms with Gasteiger partial charge in [-0.3, -0.25) is 9.29 Å². The van der Waals surface area contributed by atoms with Crippen molar-refractivity contribution in [3.8, 4) is 12.3 Å². The van der Waals surface area contributed by atoms with Gasteiger partial charge in [-0.05, 0) is 49.9 Å². The van der Waals surface area contributed by atoms with E-state index < -0.39 is 43.0 Å². The molecule has 5 nitrogen and oxygen atoms in total. The van der Waals surface area contributed by atoms with E-state index in [2.05, 4.69) is 21.1 Å². The fourth-order valence-corrected chi connectivity index (χ4v) is 5.93. The van der Waals surface area contributed by atoms with Crippen molar-refractivity contribution in [3.63, 3.8) is 0 Å². The van der Waals surface area contributed by atoms with Gasteiger partial charge in [-0.2, -0.15) is 17.6 Å². The van der Waals surface area contributed by atoms with Gasteiger partial charge in [0.1, 0.15) is 11.7 Å². The second-order valence-corrected chi connectivity index (χ2v) is 10.4. The maximum absolute atomic E-state index is 15.7. The van der Waals surface area contributed by atoms with E-state index in [9.17, 15) is 17.6 Å². The molecule has 11 heteroatoms. The topological polar surface area (TPSA) is 38.2 Å². The SMILES string of the molecule is C#Cc1ccc2[nH]c3c(c2c1)C[C@@H](C)N(CC(F)(F)F)[C@@H]3c1c(F)cc(N[C@H]2CCN(CCCF)C2)c[n+]1F. The first-order valence-corrected chi connectivity index (χ1v) is 13.0. The minimum absolute atomic E-state index is 0.0850. The molecule has 0 amide bonds. The van der Waals surface area contributed by atoms with Crippen LogP contribution >= 0.6 is 0 Å². The van der Waals surface area contributed by atoms with Crippen molar-refractivity contribution in [2.45, 2.75) is 50.5 Å². The number of nitrogens with one attached hydrogen (secondary N) is 2. The van der Waals surface area contributed by atoms with E-state index in [-0.39, 0.29) is 22.9 Å². The van der Waals surface area contributed by atoms with Crippen LogP contribution in [-0.2, 0) is 6.42 Å². The second-order valence-electron chi connectivity index (χ2n) is 10.4. The Morgan fingerprint density at radius 2 is 2.05 bits per heavy atom. The number of rotatable bonds is 7. The van der Waals surface area contributed by atoms with E-state index in [1.807, 2.05) is 0 Å². The molecule has 2 aromatic heterocycles. The van der Waals surface area contributed by atoms with Crippen LogP contribution in [0.25, 0.3) is 10.9 Å². The van der Waals surface area contributed by atoms with Gasteiger partial charge in [-0.25, -0.2) is 0 Å². The lowest BCUT2D eigenvalue weighted by Crippen LogP contribution is -2.50. The summed E-state index contributed by atoms with van der Waals surface area (Å²) in [5.74, 6) is 1.59. The Morgan fingerprint density at radius 1 is 1.26 bits per heavy atom. The second kappa shape index (κ2) is 10.7. The van der Waals surface area contributed by atoms with Crippen molar-refractivity contribution in [2.75, 3.05) is 38.2 Å². The number of aromatic nitrogens is 2. The highest BCUT2D eigenvalue weighted by Gasteiger charge is 2.47. The summed E-state index contributed by atoms with van der Waals surface area (Å²) < 4.78 is 84.9. The summed E-state index contributed by atoms with van der Waals surface area (Å²) in [6.45, 7) is 1.83. The molecule has 2 aliphatic rings. The number of alkyl halides is 4. The normalized spacial score (nSPS) is 22.3.